The van der Waals surface area contributed by atoms with Crippen molar-refractivity contribution < 1.29 is 0 Å². The van der Waals surface area contributed by atoms with Crippen LogP contribution in [-0.4, -0.2) is 47.5 Å². The fourth-order valence-corrected chi connectivity index (χ4v) is 3.00. The molecule has 0 atom stereocenters. The van der Waals surface area contributed by atoms with Crippen molar-refractivity contribution in [3.63, 3.8) is 0 Å². The SMILES string of the molecule is CCN1CCC(N(C)Cc2ccc(C(N)=S)cc2)CC1. The van der Waals surface area contributed by atoms with Gasteiger partial charge in [-0.3, -0.25) is 4.90 Å². The Bertz CT molecular complexity index is 436. The zero-order valence-electron chi connectivity index (χ0n) is 12.5. The lowest BCUT2D eigenvalue weighted by molar-refractivity contribution is 0.127. The molecular weight excluding hydrogens is 266 g/mol. The molecule has 0 aromatic heterocycles. The van der Waals surface area contributed by atoms with Crippen LogP contribution in [0.2, 0.25) is 0 Å². The van der Waals surface area contributed by atoms with Gasteiger partial charge in [-0.1, -0.05) is 43.4 Å². The molecule has 0 aliphatic carbocycles. The summed E-state index contributed by atoms with van der Waals surface area (Å²) >= 11 is 4.98. The van der Waals surface area contributed by atoms with Crippen molar-refractivity contribution >= 4 is 17.2 Å². The van der Waals surface area contributed by atoms with Crippen molar-refractivity contribution in [3.05, 3.63) is 35.4 Å². The first-order chi connectivity index (χ1) is 9.60. The molecule has 0 saturated carbocycles. The number of thiocarbonyl (C=S) groups is 1. The van der Waals surface area contributed by atoms with Gasteiger partial charge in [-0.05, 0) is 45.1 Å². The number of piperidine rings is 1. The van der Waals surface area contributed by atoms with Crippen molar-refractivity contribution in [2.45, 2.75) is 32.4 Å². The van der Waals surface area contributed by atoms with E-state index in [1.807, 2.05) is 12.1 Å². The molecular formula is C16H25N3S. The summed E-state index contributed by atoms with van der Waals surface area (Å²) in [6, 6.07) is 9.00. The fraction of sp³-hybridized carbons (Fsp3) is 0.562. The van der Waals surface area contributed by atoms with E-state index in [1.54, 1.807) is 0 Å². The molecule has 0 unspecified atom stereocenters. The van der Waals surface area contributed by atoms with E-state index >= 15 is 0 Å². The molecule has 1 aliphatic heterocycles. The minimum atomic E-state index is 0.469. The first-order valence-electron chi connectivity index (χ1n) is 7.41. The summed E-state index contributed by atoms with van der Waals surface area (Å²) in [7, 11) is 2.23. The van der Waals surface area contributed by atoms with Crippen molar-refractivity contribution in [2.24, 2.45) is 5.73 Å². The molecule has 1 fully saturated rings. The van der Waals surface area contributed by atoms with Gasteiger partial charge < -0.3 is 10.6 Å². The molecule has 0 amide bonds. The molecule has 2 rings (SSSR count). The van der Waals surface area contributed by atoms with Crippen LogP contribution < -0.4 is 5.73 Å². The van der Waals surface area contributed by atoms with Crippen LogP contribution in [0.1, 0.15) is 30.9 Å². The predicted molar refractivity (Wildman–Crippen MR) is 88.9 cm³/mol. The molecule has 4 heteroatoms. The number of nitrogens with zero attached hydrogens (tertiary/aromatic N) is 2. The van der Waals surface area contributed by atoms with Crippen molar-refractivity contribution in [1.82, 2.24) is 9.80 Å². The number of rotatable bonds is 5. The number of likely N-dealkylation sites (tertiary alicyclic amines) is 1. The Morgan fingerprint density at radius 1 is 1.30 bits per heavy atom. The zero-order valence-corrected chi connectivity index (χ0v) is 13.3. The lowest BCUT2D eigenvalue weighted by Gasteiger charge is -2.36. The van der Waals surface area contributed by atoms with Gasteiger partial charge in [0.25, 0.3) is 0 Å². The van der Waals surface area contributed by atoms with E-state index in [0.717, 1.165) is 12.1 Å². The molecule has 1 saturated heterocycles. The minimum absolute atomic E-state index is 0.469. The van der Waals surface area contributed by atoms with Crippen LogP contribution in [-0.2, 0) is 6.54 Å². The Kier molecular flexibility index (Phi) is 5.52. The average molecular weight is 291 g/mol. The quantitative estimate of drug-likeness (QED) is 0.843. The average Bonchev–Trinajstić information content (AvgIpc) is 2.48. The molecule has 0 spiro atoms. The lowest BCUT2D eigenvalue weighted by Crippen LogP contribution is -2.42. The van der Waals surface area contributed by atoms with Gasteiger partial charge >= 0.3 is 0 Å². The summed E-state index contributed by atoms with van der Waals surface area (Å²) in [5.74, 6) is 0. The summed E-state index contributed by atoms with van der Waals surface area (Å²) in [5.41, 5.74) is 7.90. The largest absolute Gasteiger partial charge is 0.389 e. The highest BCUT2D eigenvalue weighted by molar-refractivity contribution is 7.80. The summed E-state index contributed by atoms with van der Waals surface area (Å²) in [6.45, 7) is 6.87. The van der Waals surface area contributed by atoms with Crippen LogP contribution in [0.5, 0.6) is 0 Å². The molecule has 3 nitrogen and oxygen atoms in total. The van der Waals surface area contributed by atoms with Crippen LogP contribution in [0.4, 0.5) is 0 Å². The Morgan fingerprint density at radius 3 is 2.40 bits per heavy atom. The predicted octanol–water partition coefficient (Wildman–Crippen LogP) is 2.24. The van der Waals surface area contributed by atoms with Crippen LogP contribution in [0.3, 0.4) is 0 Å². The smallest absolute Gasteiger partial charge is 0.103 e. The summed E-state index contributed by atoms with van der Waals surface area (Å²) in [4.78, 5) is 5.47. The highest BCUT2D eigenvalue weighted by Crippen LogP contribution is 2.17. The van der Waals surface area contributed by atoms with Gasteiger partial charge in [-0.15, -0.1) is 0 Å². The third-order valence-electron chi connectivity index (χ3n) is 4.30. The van der Waals surface area contributed by atoms with Gasteiger partial charge in [0.1, 0.15) is 4.99 Å². The Hall–Kier alpha value is -0.970. The second kappa shape index (κ2) is 7.16. The molecule has 2 N–H and O–H groups in total. The van der Waals surface area contributed by atoms with E-state index in [2.05, 4.69) is 35.9 Å². The molecule has 1 heterocycles. The molecule has 0 radical (unpaired) electrons. The van der Waals surface area contributed by atoms with Crippen LogP contribution in [0, 0.1) is 0 Å². The van der Waals surface area contributed by atoms with Crippen molar-refractivity contribution in [3.8, 4) is 0 Å². The maximum Gasteiger partial charge on any atom is 0.103 e. The summed E-state index contributed by atoms with van der Waals surface area (Å²) in [6.07, 6.45) is 2.55. The zero-order chi connectivity index (χ0) is 14.5. The maximum atomic E-state index is 5.62. The standard InChI is InChI=1S/C16H25N3S/c1-3-19-10-8-15(9-11-19)18(2)12-13-4-6-14(7-5-13)16(17)20/h4-7,15H,3,8-12H2,1-2H3,(H2,17,20). The molecule has 20 heavy (non-hydrogen) atoms. The maximum absolute atomic E-state index is 5.62. The number of nitrogens with two attached hydrogens (primary N) is 1. The van der Waals surface area contributed by atoms with E-state index in [1.165, 1.54) is 38.0 Å². The van der Waals surface area contributed by atoms with Gasteiger partial charge in [0.2, 0.25) is 0 Å². The van der Waals surface area contributed by atoms with Gasteiger partial charge in [0.05, 0.1) is 0 Å². The number of benzene rings is 1. The minimum Gasteiger partial charge on any atom is -0.389 e. The Labute approximate surface area is 127 Å². The van der Waals surface area contributed by atoms with Gasteiger partial charge in [0.15, 0.2) is 0 Å². The summed E-state index contributed by atoms with van der Waals surface area (Å²) < 4.78 is 0. The second-order valence-electron chi connectivity index (χ2n) is 5.64. The van der Waals surface area contributed by atoms with E-state index in [4.69, 9.17) is 18.0 Å². The van der Waals surface area contributed by atoms with Crippen molar-refractivity contribution in [2.75, 3.05) is 26.7 Å². The highest BCUT2D eigenvalue weighted by atomic mass is 32.1. The monoisotopic (exact) mass is 291 g/mol. The van der Waals surface area contributed by atoms with E-state index < -0.39 is 0 Å². The van der Waals surface area contributed by atoms with Crippen LogP contribution >= 0.6 is 12.2 Å². The topological polar surface area (TPSA) is 32.5 Å². The van der Waals surface area contributed by atoms with Crippen LogP contribution in [0.15, 0.2) is 24.3 Å². The molecule has 1 aromatic carbocycles. The molecule has 110 valence electrons. The van der Waals surface area contributed by atoms with Crippen LogP contribution in [0.25, 0.3) is 0 Å². The van der Waals surface area contributed by atoms with Gasteiger partial charge in [-0.2, -0.15) is 0 Å². The van der Waals surface area contributed by atoms with E-state index in [-0.39, 0.29) is 0 Å². The second-order valence-corrected chi connectivity index (χ2v) is 6.08. The normalized spacial score (nSPS) is 17.6. The molecule has 1 aromatic rings. The Balaban J connectivity index is 1.88. The van der Waals surface area contributed by atoms with Gasteiger partial charge in [-0.25, -0.2) is 0 Å². The van der Waals surface area contributed by atoms with E-state index in [0.29, 0.717) is 11.0 Å². The molecule has 0 bridgehead atoms. The summed E-state index contributed by atoms with van der Waals surface area (Å²) in [5, 5.41) is 0. The lowest BCUT2D eigenvalue weighted by atomic mass is 10.0. The molecule has 1 aliphatic rings. The third-order valence-corrected chi connectivity index (χ3v) is 4.53. The first-order valence-corrected chi connectivity index (χ1v) is 7.82. The Morgan fingerprint density at radius 2 is 1.90 bits per heavy atom. The van der Waals surface area contributed by atoms with E-state index in [9.17, 15) is 0 Å². The van der Waals surface area contributed by atoms with Gasteiger partial charge in [0, 0.05) is 18.2 Å². The fourth-order valence-electron chi connectivity index (χ4n) is 2.87. The number of hydrogen-bond acceptors (Lipinski definition) is 3. The number of hydrogen-bond donors (Lipinski definition) is 1. The first kappa shape index (κ1) is 15.4. The third kappa shape index (κ3) is 4.01. The highest BCUT2D eigenvalue weighted by Gasteiger charge is 2.21. The van der Waals surface area contributed by atoms with Crippen molar-refractivity contribution in [1.29, 1.82) is 0 Å².